The molecule has 0 spiro atoms. The van der Waals surface area contributed by atoms with Gasteiger partial charge in [0, 0.05) is 11.1 Å². The predicted octanol–water partition coefficient (Wildman–Crippen LogP) is -7.22. The second kappa shape index (κ2) is 18.9. The molecule has 8 heteroatoms. The molecule has 4 nitrogen and oxygen atoms in total. The molecule has 0 aromatic heterocycles. The molecule has 2 heterocycles. The Labute approximate surface area is 314 Å². The first kappa shape index (κ1) is 41.2. The Hall–Kier alpha value is 1.20. The van der Waals surface area contributed by atoms with E-state index in [1.54, 1.807) is 0 Å². The van der Waals surface area contributed by atoms with E-state index >= 15 is 0 Å². The zero-order valence-electron chi connectivity index (χ0n) is 25.4. The van der Waals surface area contributed by atoms with Crippen molar-refractivity contribution < 1.29 is 114 Å². The molecule has 0 unspecified atom stereocenters. The highest BCUT2D eigenvalue weighted by Gasteiger charge is 2.38. The fourth-order valence-corrected chi connectivity index (χ4v) is 6.53. The minimum Gasteiger partial charge on any atom is -1.00 e. The van der Waals surface area contributed by atoms with Gasteiger partial charge in [-0.05, 0) is 25.7 Å². The Morgan fingerprint density at radius 3 is 0.975 bits per heavy atom. The summed E-state index contributed by atoms with van der Waals surface area (Å²) in [7, 11) is 9.95. The summed E-state index contributed by atoms with van der Waals surface area (Å²) in [5, 5.41) is 0. The first-order chi connectivity index (χ1) is 17.2. The maximum absolute atomic E-state index is 2.51. The fourth-order valence-electron chi connectivity index (χ4n) is 6.53. The first-order valence-electron chi connectivity index (χ1n) is 14.6. The van der Waals surface area contributed by atoms with Gasteiger partial charge in [0.05, 0.1) is 41.3 Å². The van der Waals surface area contributed by atoms with Crippen molar-refractivity contribution >= 4 is 0 Å². The van der Waals surface area contributed by atoms with Gasteiger partial charge in [0.1, 0.15) is 65.4 Å². The van der Waals surface area contributed by atoms with Gasteiger partial charge >= 0.3 is 0 Å². The van der Waals surface area contributed by atoms with Gasteiger partial charge in [-0.3, -0.25) is 0 Å². The molecule has 2 aromatic carbocycles. The van der Waals surface area contributed by atoms with Crippen molar-refractivity contribution in [3.05, 3.63) is 71.8 Å². The fraction of sp³-hybridized carbons (Fsp3) is 0.625. The van der Waals surface area contributed by atoms with E-state index in [0.717, 1.165) is 0 Å². The van der Waals surface area contributed by atoms with E-state index in [1.807, 2.05) is 0 Å². The van der Waals surface area contributed by atoms with Crippen molar-refractivity contribution in [2.45, 2.75) is 38.8 Å². The Morgan fingerprint density at radius 1 is 0.400 bits per heavy atom. The summed E-state index contributed by atoms with van der Waals surface area (Å²) in [6.07, 6.45) is 5.61. The highest BCUT2D eigenvalue weighted by Crippen LogP contribution is 2.22. The largest absolute Gasteiger partial charge is 1.00 e. The standard InChI is InChI=1S/C32H54N4.4HI/c1-33(21-25-35(3,26-22-33)29-31-15-9-7-10-16-31)19-13-5-6-14-20-34(2)23-27-36(4,28-24-34)30-32-17-11-8-12-18-32;;;;/h7-12,15-18H,5-6,13-14,19-30H2,1-4H3;4*1H/q+4;;;;/p-4. The van der Waals surface area contributed by atoms with E-state index in [0.29, 0.717) is 0 Å². The number of hydrogen-bond donors (Lipinski definition) is 0. The molecule has 40 heavy (non-hydrogen) atoms. The average Bonchev–Trinajstić information content (AvgIpc) is 2.87. The van der Waals surface area contributed by atoms with Crippen LogP contribution in [-0.4, -0.2) is 112 Å². The average molecular weight is 1000 g/mol. The van der Waals surface area contributed by atoms with Crippen LogP contribution in [0, 0.1) is 0 Å². The van der Waals surface area contributed by atoms with Crippen LogP contribution in [0.2, 0.25) is 0 Å². The Kier molecular flexibility index (Phi) is 19.4. The van der Waals surface area contributed by atoms with Crippen LogP contribution in [0.3, 0.4) is 0 Å². The van der Waals surface area contributed by atoms with Crippen molar-refractivity contribution in [1.82, 2.24) is 0 Å². The monoisotopic (exact) mass is 1000 g/mol. The minimum absolute atomic E-state index is 0. The molecule has 4 rings (SSSR count). The maximum Gasteiger partial charge on any atom is 0.129 e. The molecule has 0 aliphatic carbocycles. The van der Waals surface area contributed by atoms with Crippen LogP contribution in [-0.2, 0) is 13.1 Å². The lowest BCUT2D eigenvalue weighted by Crippen LogP contribution is -3.00. The van der Waals surface area contributed by atoms with Gasteiger partial charge in [0.15, 0.2) is 0 Å². The second-order valence-corrected chi connectivity index (χ2v) is 13.4. The summed E-state index contributed by atoms with van der Waals surface area (Å²) in [5.41, 5.74) is 2.97. The second-order valence-electron chi connectivity index (χ2n) is 13.4. The molecule has 2 aliphatic heterocycles. The van der Waals surface area contributed by atoms with Gasteiger partial charge in [-0.15, -0.1) is 0 Å². The number of likely N-dealkylation sites (N-methyl/N-ethyl adjacent to an activating group) is 4. The summed E-state index contributed by atoms with van der Waals surface area (Å²) in [5.74, 6) is 0. The van der Waals surface area contributed by atoms with Gasteiger partial charge in [-0.1, -0.05) is 60.7 Å². The highest BCUT2D eigenvalue weighted by atomic mass is 127. The third-order valence-corrected chi connectivity index (χ3v) is 9.68. The van der Waals surface area contributed by atoms with Crippen LogP contribution < -0.4 is 95.9 Å². The van der Waals surface area contributed by atoms with E-state index in [1.165, 1.54) is 133 Å². The molecule has 230 valence electrons. The number of unbranched alkanes of at least 4 members (excludes halogenated alkanes) is 3. The molecule has 2 aromatic rings. The lowest BCUT2D eigenvalue weighted by atomic mass is 10.1. The molecule has 2 saturated heterocycles. The number of rotatable bonds is 11. The van der Waals surface area contributed by atoms with Crippen molar-refractivity contribution in [2.24, 2.45) is 0 Å². The number of piperazine rings is 2. The van der Waals surface area contributed by atoms with Crippen molar-refractivity contribution in [3.63, 3.8) is 0 Å². The van der Waals surface area contributed by atoms with Crippen LogP contribution in [0.1, 0.15) is 36.8 Å². The SMILES string of the molecule is C[N+]1(CCCCCC[N+]2(C)CC[N+](C)(Cc3ccccc3)CC2)CC[N+](C)(Cc2ccccc2)CC1.[I-].[I-].[I-].[I-]. The van der Waals surface area contributed by atoms with Crippen LogP contribution in [0.25, 0.3) is 0 Å². The van der Waals surface area contributed by atoms with Crippen LogP contribution in [0.5, 0.6) is 0 Å². The number of nitrogens with zero attached hydrogens (tertiary/aromatic N) is 4. The molecular weight excluding hydrogens is 948 g/mol. The van der Waals surface area contributed by atoms with Gasteiger partial charge in [0.2, 0.25) is 0 Å². The maximum atomic E-state index is 2.51. The lowest BCUT2D eigenvalue weighted by Gasteiger charge is -2.46. The van der Waals surface area contributed by atoms with E-state index in [-0.39, 0.29) is 95.9 Å². The van der Waals surface area contributed by atoms with E-state index in [2.05, 4.69) is 88.9 Å². The van der Waals surface area contributed by atoms with Crippen LogP contribution in [0.4, 0.5) is 0 Å². The molecule has 0 amide bonds. The van der Waals surface area contributed by atoms with Crippen LogP contribution in [0.15, 0.2) is 60.7 Å². The van der Waals surface area contributed by atoms with E-state index in [4.69, 9.17) is 0 Å². The normalized spacial score (nSPS) is 29.6. The molecule has 2 fully saturated rings. The minimum atomic E-state index is 0. The van der Waals surface area contributed by atoms with Gasteiger partial charge in [-0.25, -0.2) is 0 Å². The molecule has 0 radical (unpaired) electrons. The third kappa shape index (κ3) is 13.1. The smallest absolute Gasteiger partial charge is 0.129 e. The number of quaternary nitrogens is 4. The summed E-state index contributed by atoms with van der Waals surface area (Å²) >= 11 is 0. The number of halogens is 4. The zero-order valence-corrected chi connectivity index (χ0v) is 34.0. The third-order valence-electron chi connectivity index (χ3n) is 9.68. The van der Waals surface area contributed by atoms with Crippen molar-refractivity contribution in [2.75, 3.05) is 93.6 Å². The molecular formula is C32H54I4N4. The van der Waals surface area contributed by atoms with Gasteiger partial charge in [-0.2, -0.15) is 0 Å². The summed E-state index contributed by atoms with van der Waals surface area (Å²) in [6.45, 7) is 15.7. The topological polar surface area (TPSA) is 0 Å². The van der Waals surface area contributed by atoms with Gasteiger partial charge in [0.25, 0.3) is 0 Å². The quantitative estimate of drug-likeness (QED) is 0.120. The van der Waals surface area contributed by atoms with Gasteiger partial charge < -0.3 is 114 Å². The zero-order chi connectivity index (χ0) is 25.5. The summed E-state index contributed by atoms with van der Waals surface area (Å²) in [6, 6.07) is 22.2. The number of benzene rings is 2. The molecule has 0 bridgehead atoms. The predicted molar refractivity (Wildman–Crippen MR) is 152 cm³/mol. The lowest BCUT2D eigenvalue weighted by molar-refractivity contribution is -1.02. The van der Waals surface area contributed by atoms with Crippen molar-refractivity contribution in [1.29, 1.82) is 0 Å². The van der Waals surface area contributed by atoms with E-state index in [9.17, 15) is 0 Å². The summed E-state index contributed by atoms with van der Waals surface area (Å²) < 4.78 is 4.98. The molecule has 0 atom stereocenters. The highest BCUT2D eigenvalue weighted by molar-refractivity contribution is 5.14. The molecule has 0 N–H and O–H groups in total. The first-order valence-corrected chi connectivity index (χ1v) is 14.6. The van der Waals surface area contributed by atoms with E-state index < -0.39 is 0 Å². The Morgan fingerprint density at radius 2 is 0.675 bits per heavy atom. The molecule has 0 saturated carbocycles. The number of hydrogen-bond acceptors (Lipinski definition) is 0. The molecule has 2 aliphatic rings. The van der Waals surface area contributed by atoms with Crippen molar-refractivity contribution in [3.8, 4) is 0 Å². The Balaban J connectivity index is 0.00000380. The van der Waals surface area contributed by atoms with Crippen LogP contribution >= 0.6 is 0 Å². The Bertz CT molecular complexity index is 851. The summed E-state index contributed by atoms with van der Waals surface area (Å²) in [4.78, 5) is 0.